The molecule has 0 spiro atoms. The Balaban J connectivity index is 1.81. The molecule has 0 saturated carbocycles. The molecule has 2 aromatic carbocycles. The first-order chi connectivity index (χ1) is 10.3. The van der Waals surface area contributed by atoms with Gasteiger partial charge in [-0.05, 0) is 49.2 Å². The van der Waals surface area contributed by atoms with Crippen molar-refractivity contribution in [3.63, 3.8) is 0 Å². The average molecular weight is 276 g/mol. The summed E-state index contributed by atoms with van der Waals surface area (Å²) in [5.74, 6) is 1.69. The summed E-state index contributed by atoms with van der Waals surface area (Å²) in [6, 6.07) is 15.9. The first kappa shape index (κ1) is 12.2. The lowest BCUT2D eigenvalue weighted by atomic mass is 10.1. The van der Waals surface area contributed by atoms with Crippen molar-refractivity contribution < 1.29 is 4.74 Å². The second-order valence-electron chi connectivity index (χ2n) is 5.32. The van der Waals surface area contributed by atoms with Crippen molar-refractivity contribution >= 4 is 16.6 Å². The molecule has 1 aliphatic rings. The highest BCUT2D eigenvalue weighted by Gasteiger charge is 2.17. The number of rotatable bonds is 2. The number of para-hydroxylation sites is 1. The molecule has 0 aliphatic carbocycles. The van der Waals surface area contributed by atoms with Gasteiger partial charge in [0, 0.05) is 23.3 Å². The number of anilines is 1. The number of aromatic nitrogens is 1. The van der Waals surface area contributed by atoms with Crippen molar-refractivity contribution in [3.8, 4) is 11.5 Å². The zero-order chi connectivity index (χ0) is 14.2. The van der Waals surface area contributed by atoms with Gasteiger partial charge in [-0.3, -0.25) is 4.98 Å². The summed E-state index contributed by atoms with van der Waals surface area (Å²) in [6.45, 7) is 3.07. The van der Waals surface area contributed by atoms with Gasteiger partial charge in [0.2, 0.25) is 0 Å². The van der Waals surface area contributed by atoms with Crippen molar-refractivity contribution in [2.24, 2.45) is 0 Å². The van der Waals surface area contributed by atoms with Crippen LogP contribution in [0.4, 0.5) is 5.69 Å². The maximum absolute atomic E-state index is 5.92. The van der Waals surface area contributed by atoms with E-state index in [1.54, 1.807) is 0 Å². The van der Waals surface area contributed by atoms with Crippen LogP contribution in [0, 0.1) is 6.92 Å². The molecular weight excluding hydrogens is 260 g/mol. The molecular formula is C18H16N2O. The van der Waals surface area contributed by atoms with Gasteiger partial charge in [0.25, 0.3) is 0 Å². The Labute approximate surface area is 123 Å². The zero-order valence-corrected chi connectivity index (χ0v) is 11.9. The number of fused-ring (bicyclic) bond motifs is 3. The number of hydrogen-bond donors (Lipinski definition) is 1. The highest BCUT2D eigenvalue weighted by atomic mass is 16.5. The lowest BCUT2D eigenvalue weighted by molar-refractivity contribution is 0.483. The topological polar surface area (TPSA) is 34.1 Å². The van der Waals surface area contributed by atoms with E-state index < -0.39 is 0 Å². The van der Waals surface area contributed by atoms with E-state index in [0.29, 0.717) is 0 Å². The second-order valence-corrected chi connectivity index (χ2v) is 5.32. The van der Waals surface area contributed by atoms with Gasteiger partial charge in [0.15, 0.2) is 0 Å². The Morgan fingerprint density at radius 3 is 2.76 bits per heavy atom. The van der Waals surface area contributed by atoms with Crippen LogP contribution in [0.5, 0.6) is 11.5 Å². The highest BCUT2D eigenvalue weighted by Crippen LogP contribution is 2.35. The molecule has 0 unspecified atom stereocenters. The predicted molar refractivity (Wildman–Crippen MR) is 85.2 cm³/mol. The molecule has 1 aliphatic heterocycles. The van der Waals surface area contributed by atoms with Crippen molar-refractivity contribution in [1.29, 1.82) is 0 Å². The van der Waals surface area contributed by atoms with E-state index in [1.807, 2.05) is 42.5 Å². The average Bonchev–Trinajstić information content (AvgIpc) is 3.00. The van der Waals surface area contributed by atoms with Crippen molar-refractivity contribution in [1.82, 2.24) is 4.98 Å². The van der Waals surface area contributed by atoms with Gasteiger partial charge in [-0.25, -0.2) is 0 Å². The van der Waals surface area contributed by atoms with E-state index in [1.165, 1.54) is 11.3 Å². The fourth-order valence-corrected chi connectivity index (χ4v) is 2.91. The Hall–Kier alpha value is -2.55. The molecule has 4 rings (SSSR count). The van der Waals surface area contributed by atoms with E-state index in [4.69, 9.17) is 9.72 Å². The summed E-state index contributed by atoms with van der Waals surface area (Å²) in [5, 5.41) is 4.62. The molecule has 0 amide bonds. The smallest absolute Gasteiger partial charge is 0.128 e. The van der Waals surface area contributed by atoms with Gasteiger partial charge < -0.3 is 10.1 Å². The predicted octanol–water partition coefficient (Wildman–Crippen LogP) is 4.30. The van der Waals surface area contributed by atoms with Crippen LogP contribution in [0.3, 0.4) is 0 Å². The minimum Gasteiger partial charge on any atom is -0.457 e. The van der Waals surface area contributed by atoms with Crippen LogP contribution < -0.4 is 10.1 Å². The fraction of sp³-hybridized carbons (Fsp3) is 0.167. The third-order valence-corrected chi connectivity index (χ3v) is 3.92. The van der Waals surface area contributed by atoms with Crippen LogP contribution in [0.15, 0.2) is 48.5 Å². The highest BCUT2D eigenvalue weighted by molar-refractivity contribution is 5.95. The van der Waals surface area contributed by atoms with Crippen LogP contribution in [-0.2, 0) is 6.42 Å². The molecule has 2 heterocycles. The standard InChI is InChI=1S/C18H16N2O/c1-12-15-9-10-19-18(15)16-11-14(7-8-17(16)20-12)21-13-5-3-2-4-6-13/h2-8,11,19H,9-10H2,1H3. The maximum Gasteiger partial charge on any atom is 0.128 e. The number of hydrogen-bond acceptors (Lipinski definition) is 3. The lowest BCUT2D eigenvalue weighted by Crippen LogP contribution is -1.94. The summed E-state index contributed by atoms with van der Waals surface area (Å²) in [6.07, 6.45) is 1.05. The lowest BCUT2D eigenvalue weighted by Gasteiger charge is -2.11. The molecule has 3 nitrogen and oxygen atoms in total. The molecule has 0 saturated heterocycles. The van der Waals surface area contributed by atoms with Gasteiger partial charge in [-0.2, -0.15) is 0 Å². The van der Waals surface area contributed by atoms with Gasteiger partial charge >= 0.3 is 0 Å². The number of ether oxygens (including phenoxy) is 1. The van der Waals surface area contributed by atoms with E-state index >= 15 is 0 Å². The molecule has 1 aromatic heterocycles. The quantitative estimate of drug-likeness (QED) is 0.757. The summed E-state index contributed by atoms with van der Waals surface area (Å²) in [7, 11) is 0. The minimum atomic E-state index is 0.843. The van der Waals surface area contributed by atoms with Crippen LogP contribution >= 0.6 is 0 Å². The number of nitrogens with one attached hydrogen (secondary N) is 1. The van der Waals surface area contributed by atoms with E-state index in [2.05, 4.69) is 18.3 Å². The second kappa shape index (κ2) is 4.77. The Bertz CT molecular complexity index is 812. The maximum atomic E-state index is 5.92. The number of aryl methyl sites for hydroxylation is 1. The van der Waals surface area contributed by atoms with Gasteiger partial charge in [-0.15, -0.1) is 0 Å². The van der Waals surface area contributed by atoms with Crippen molar-refractivity contribution in [2.45, 2.75) is 13.3 Å². The third-order valence-electron chi connectivity index (χ3n) is 3.92. The fourth-order valence-electron chi connectivity index (χ4n) is 2.91. The van der Waals surface area contributed by atoms with E-state index in [-0.39, 0.29) is 0 Å². The minimum absolute atomic E-state index is 0.843. The third kappa shape index (κ3) is 2.11. The van der Waals surface area contributed by atoms with E-state index in [9.17, 15) is 0 Å². The molecule has 21 heavy (non-hydrogen) atoms. The summed E-state index contributed by atoms with van der Waals surface area (Å²) < 4.78 is 5.92. The van der Waals surface area contributed by atoms with Gasteiger partial charge in [0.05, 0.1) is 5.52 Å². The Morgan fingerprint density at radius 2 is 1.90 bits per heavy atom. The Morgan fingerprint density at radius 1 is 1.05 bits per heavy atom. The monoisotopic (exact) mass is 276 g/mol. The van der Waals surface area contributed by atoms with Crippen LogP contribution in [0.1, 0.15) is 11.3 Å². The summed E-state index contributed by atoms with van der Waals surface area (Å²) in [4.78, 5) is 4.70. The van der Waals surface area contributed by atoms with E-state index in [0.717, 1.165) is 41.1 Å². The molecule has 0 bridgehead atoms. The Kier molecular flexibility index (Phi) is 2.78. The number of benzene rings is 2. The molecule has 0 radical (unpaired) electrons. The largest absolute Gasteiger partial charge is 0.457 e. The van der Waals surface area contributed by atoms with Crippen LogP contribution in [0.25, 0.3) is 10.9 Å². The van der Waals surface area contributed by atoms with Gasteiger partial charge in [-0.1, -0.05) is 18.2 Å². The van der Waals surface area contributed by atoms with Crippen LogP contribution in [-0.4, -0.2) is 11.5 Å². The number of pyridine rings is 1. The molecule has 3 aromatic rings. The first-order valence-corrected chi connectivity index (χ1v) is 7.21. The zero-order valence-electron chi connectivity index (χ0n) is 11.9. The van der Waals surface area contributed by atoms with Gasteiger partial charge in [0.1, 0.15) is 11.5 Å². The summed E-state index contributed by atoms with van der Waals surface area (Å²) >= 11 is 0. The number of nitrogens with zero attached hydrogens (tertiary/aromatic N) is 1. The van der Waals surface area contributed by atoms with Crippen molar-refractivity contribution in [2.75, 3.05) is 11.9 Å². The molecule has 3 heteroatoms. The molecule has 0 fully saturated rings. The molecule has 104 valence electrons. The normalized spacial score (nSPS) is 13.0. The SMILES string of the molecule is Cc1nc2ccc(Oc3ccccc3)cc2c2c1CCN2. The molecule has 1 N–H and O–H groups in total. The van der Waals surface area contributed by atoms with Crippen molar-refractivity contribution in [3.05, 3.63) is 59.8 Å². The summed E-state index contributed by atoms with van der Waals surface area (Å²) in [5.41, 5.74) is 4.69. The first-order valence-electron chi connectivity index (χ1n) is 7.21. The van der Waals surface area contributed by atoms with Crippen LogP contribution in [0.2, 0.25) is 0 Å². The molecule has 0 atom stereocenters.